The zero-order chi connectivity index (χ0) is 13.1. The molecule has 0 saturated heterocycles. The maximum absolute atomic E-state index is 7.33. The van der Waals surface area contributed by atoms with Gasteiger partial charge in [0.1, 0.15) is 5.84 Å². The minimum absolute atomic E-state index is 0.125. The number of nitrogen functional groups attached to an aromatic ring is 1. The van der Waals surface area contributed by atoms with Crippen LogP contribution in [0.25, 0.3) is 0 Å². The van der Waals surface area contributed by atoms with Crippen LogP contribution in [0.4, 0.5) is 0 Å². The summed E-state index contributed by atoms with van der Waals surface area (Å²) in [7, 11) is 2.13. The molecule has 0 aliphatic carbocycles. The lowest BCUT2D eigenvalue weighted by molar-refractivity contribution is 0.221. The topological polar surface area (TPSA) is 53.1 Å². The highest BCUT2D eigenvalue weighted by Crippen LogP contribution is 2.16. The molecule has 3 N–H and O–H groups in total. The van der Waals surface area contributed by atoms with Crippen molar-refractivity contribution < 1.29 is 0 Å². The normalized spacial score (nSPS) is 11.8. The van der Waals surface area contributed by atoms with E-state index in [-0.39, 0.29) is 5.84 Å². The summed E-state index contributed by atoms with van der Waals surface area (Å²) in [5.74, 6) is 0.125. The summed E-state index contributed by atoms with van der Waals surface area (Å²) in [6.07, 6.45) is 0. The average Bonchev–Trinajstić information content (AvgIpc) is 2.15. The number of benzene rings is 1. The van der Waals surface area contributed by atoms with Gasteiger partial charge in [-0.05, 0) is 18.0 Å². The molecule has 0 radical (unpaired) electrons. The van der Waals surface area contributed by atoms with Gasteiger partial charge in [-0.15, -0.1) is 0 Å². The quantitative estimate of drug-likeness (QED) is 0.620. The molecule has 3 nitrogen and oxygen atoms in total. The lowest BCUT2D eigenvalue weighted by Gasteiger charge is -2.26. The van der Waals surface area contributed by atoms with Crippen molar-refractivity contribution in [2.24, 2.45) is 11.1 Å². The van der Waals surface area contributed by atoms with Gasteiger partial charge in [-0.1, -0.05) is 45.0 Å². The molecule has 0 unspecified atom stereocenters. The largest absolute Gasteiger partial charge is 0.384 e. The molecule has 1 aromatic carbocycles. The number of nitrogens with two attached hydrogens (primary N) is 1. The summed E-state index contributed by atoms with van der Waals surface area (Å²) in [6.45, 7) is 8.70. The predicted molar refractivity (Wildman–Crippen MR) is 73.2 cm³/mol. The molecule has 0 aliphatic rings. The summed E-state index contributed by atoms with van der Waals surface area (Å²) >= 11 is 0. The van der Waals surface area contributed by atoms with E-state index < -0.39 is 0 Å². The van der Waals surface area contributed by atoms with Crippen LogP contribution in [0.15, 0.2) is 24.3 Å². The van der Waals surface area contributed by atoms with E-state index in [0.717, 1.165) is 18.7 Å². The number of nitrogens with zero attached hydrogens (tertiary/aromatic N) is 1. The Kier molecular flexibility index (Phi) is 4.29. The number of rotatable bonds is 4. The van der Waals surface area contributed by atoms with Gasteiger partial charge < -0.3 is 10.6 Å². The number of nitrogens with one attached hydrogen (secondary N) is 1. The first-order chi connectivity index (χ1) is 7.78. The van der Waals surface area contributed by atoms with E-state index in [4.69, 9.17) is 11.1 Å². The van der Waals surface area contributed by atoms with E-state index in [9.17, 15) is 0 Å². The molecule has 1 aromatic rings. The van der Waals surface area contributed by atoms with Gasteiger partial charge in [0.2, 0.25) is 0 Å². The molecule has 0 atom stereocenters. The second kappa shape index (κ2) is 5.32. The molecule has 0 saturated carbocycles. The molecule has 94 valence electrons. The zero-order valence-corrected chi connectivity index (χ0v) is 11.2. The van der Waals surface area contributed by atoms with Crippen LogP contribution in [0.5, 0.6) is 0 Å². The van der Waals surface area contributed by atoms with Crippen LogP contribution in [0.2, 0.25) is 0 Å². The fourth-order valence-corrected chi connectivity index (χ4v) is 1.97. The van der Waals surface area contributed by atoms with Gasteiger partial charge in [0.25, 0.3) is 0 Å². The highest BCUT2D eigenvalue weighted by Gasteiger charge is 2.13. The number of hydrogen-bond donors (Lipinski definition) is 2. The Bertz CT molecular complexity index is 373. The smallest absolute Gasteiger partial charge is 0.122 e. The molecule has 3 heteroatoms. The summed E-state index contributed by atoms with van der Waals surface area (Å²) in [5, 5.41) is 7.33. The van der Waals surface area contributed by atoms with Crippen molar-refractivity contribution >= 4 is 5.84 Å². The van der Waals surface area contributed by atoms with Crippen LogP contribution in [-0.4, -0.2) is 24.3 Å². The van der Waals surface area contributed by atoms with E-state index in [0.29, 0.717) is 5.41 Å². The van der Waals surface area contributed by atoms with Crippen molar-refractivity contribution in [2.75, 3.05) is 13.6 Å². The second-order valence-corrected chi connectivity index (χ2v) is 5.84. The van der Waals surface area contributed by atoms with Crippen molar-refractivity contribution in [1.82, 2.24) is 4.90 Å². The van der Waals surface area contributed by atoms with E-state index in [1.165, 1.54) is 5.56 Å². The first-order valence-electron chi connectivity index (χ1n) is 5.90. The third kappa shape index (κ3) is 5.00. The Morgan fingerprint density at radius 3 is 2.18 bits per heavy atom. The van der Waals surface area contributed by atoms with Crippen LogP contribution in [-0.2, 0) is 6.54 Å². The fourth-order valence-electron chi connectivity index (χ4n) is 1.97. The monoisotopic (exact) mass is 233 g/mol. The van der Waals surface area contributed by atoms with Gasteiger partial charge in [0, 0.05) is 18.7 Å². The Hall–Kier alpha value is -1.35. The van der Waals surface area contributed by atoms with Gasteiger partial charge >= 0.3 is 0 Å². The fraction of sp³-hybridized carbons (Fsp3) is 0.500. The SMILES string of the molecule is CN(Cc1ccc(C(=N)N)cc1)CC(C)(C)C. The van der Waals surface area contributed by atoms with Crippen LogP contribution in [0.3, 0.4) is 0 Å². The van der Waals surface area contributed by atoms with Crippen molar-refractivity contribution in [3.63, 3.8) is 0 Å². The predicted octanol–water partition coefficient (Wildman–Crippen LogP) is 2.45. The Morgan fingerprint density at radius 2 is 1.76 bits per heavy atom. The molecule has 0 amide bonds. The van der Waals surface area contributed by atoms with E-state index in [1.54, 1.807) is 0 Å². The van der Waals surface area contributed by atoms with Crippen molar-refractivity contribution in [1.29, 1.82) is 5.41 Å². The standard InChI is InChI=1S/C14H23N3/c1-14(2,3)10-17(4)9-11-5-7-12(8-6-11)13(15)16/h5-8H,9-10H2,1-4H3,(H3,15,16). The van der Waals surface area contributed by atoms with Gasteiger partial charge in [0.05, 0.1) is 0 Å². The Labute approximate surface area is 104 Å². The van der Waals surface area contributed by atoms with Crippen molar-refractivity contribution in [3.8, 4) is 0 Å². The molecule has 17 heavy (non-hydrogen) atoms. The molecule has 0 bridgehead atoms. The molecule has 0 aliphatic heterocycles. The number of amidine groups is 1. The molecular formula is C14H23N3. The third-order valence-electron chi connectivity index (χ3n) is 2.46. The summed E-state index contributed by atoms with van der Waals surface area (Å²) < 4.78 is 0. The minimum atomic E-state index is 0.125. The van der Waals surface area contributed by atoms with Crippen LogP contribution in [0.1, 0.15) is 31.9 Å². The van der Waals surface area contributed by atoms with E-state index in [1.807, 2.05) is 24.3 Å². The first-order valence-corrected chi connectivity index (χ1v) is 5.90. The summed E-state index contributed by atoms with van der Waals surface area (Å²) in [6, 6.07) is 7.89. The van der Waals surface area contributed by atoms with Crippen molar-refractivity contribution in [3.05, 3.63) is 35.4 Å². The minimum Gasteiger partial charge on any atom is -0.384 e. The van der Waals surface area contributed by atoms with E-state index >= 15 is 0 Å². The highest BCUT2D eigenvalue weighted by molar-refractivity contribution is 5.94. The number of hydrogen-bond acceptors (Lipinski definition) is 2. The third-order valence-corrected chi connectivity index (χ3v) is 2.46. The second-order valence-electron chi connectivity index (χ2n) is 5.84. The molecule has 0 aromatic heterocycles. The Morgan fingerprint density at radius 1 is 1.24 bits per heavy atom. The molecular weight excluding hydrogens is 210 g/mol. The summed E-state index contributed by atoms with van der Waals surface area (Å²) in [4.78, 5) is 2.31. The maximum atomic E-state index is 7.33. The first kappa shape index (κ1) is 13.7. The van der Waals surface area contributed by atoms with Crippen LogP contribution < -0.4 is 5.73 Å². The van der Waals surface area contributed by atoms with Gasteiger partial charge in [0.15, 0.2) is 0 Å². The molecule has 0 heterocycles. The lowest BCUT2D eigenvalue weighted by atomic mass is 9.96. The lowest BCUT2D eigenvalue weighted by Crippen LogP contribution is -2.28. The van der Waals surface area contributed by atoms with Crippen LogP contribution >= 0.6 is 0 Å². The van der Waals surface area contributed by atoms with Gasteiger partial charge in [-0.3, -0.25) is 5.41 Å². The summed E-state index contributed by atoms with van der Waals surface area (Å²) in [5.41, 5.74) is 7.77. The Balaban J connectivity index is 2.60. The average molecular weight is 233 g/mol. The van der Waals surface area contributed by atoms with Gasteiger partial charge in [-0.25, -0.2) is 0 Å². The zero-order valence-electron chi connectivity index (χ0n) is 11.2. The van der Waals surface area contributed by atoms with E-state index in [2.05, 4.69) is 32.7 Å². The molecule has 1 rings (SSSR count). The van der Waals surface area contributed by atoms with Gasteiger partial charge in [-0.2, -0.15) is 0 Å². The molecule has 0 spiro atoms. The van der Waals surface area contributed by atoms with Crippen molar-refractivity contribution in [2.45, 2.75) is 27.3 Å². The highest BCUT2D eigenvalue weighted by atomic mass is 15.1. The molecule has 0 fully saturated rings. The maximum Gasteiger partial charge on any atom is 0.122 e. The van der Waals surface area contributed by atoms with Crippen LogP contribution in [0, 0.1) is 10.8 Å².